The van der Waals surface area contributed by atoms with E-state index in [1.165, 1.54) is 0 Å². The summed E-state index contributed by atoms with van der Waals surface area (Å²) in [5, 5.41) is 12.3. The number of hydrogen-bond donors (Lipinski definition) is 4. The van der Waals surface area contributed by atoms with Crippen LogP contribution < -0.4 is 21.1 Å². The second-order valence-electron chi connectivity index (χ2n) is 7.71. The van der Waals surface area contributed by atoms with Crippen LogP contribution in [0.15, 0.2) is 18.3 Å². The first-order chi connectivity index (χ1) is 13.5. The van der Waals surface area contributed by atoms with Crippen molar-refractivity contribution in [2.75, 3.05) is 23.8 Å². The van der Waals surface area contributed by atoms with Gasteiger partial charge in [-0.2, -0.15) is 5.10 Å². The van der Waals surface area contributed by atoms with Crippen molar-refractivity contribution in [3.63, 3.8) is 0 Å². The van der Waals surface area contributed by atoms with Crippen LogP contribution >= 0.6 is 0 Å². The molecule has 1 atom stereocenters. The summed E-state index contributed by atoms with van der Waals surface area (Å²) in [6.45, 7) is 3.28. The highest BCUT2D eigenvalue weighted by Crippen LogP contribution is 2.44. The van der Waals surface area contributed by atoms with Crippen LogP contribution in [0.1, 0.15) is 18.5 Å². The number of hydrogen-bond acceptors (Lipinski definition) is 5. The lowest BCUT2D eigenvalue weighted by Gasteiger charge is -2.17. The maximum Gasteiger partial charge on any atom is 0.240 e. The lowest BCUT2D eigenvalue weighted by molar-refractivity contribution is -0.119. The molecule has 0 unspecified atom stereocenters. The molecule has 1 amide bonds. The molecule has 1 saturated carbocycles. The first-order valence-corrected chi connectivity index (χ1v) is 9.64. The van der Waals surface area contributed by atoms with Gasteiger partial charge in [-0.15, -0.1) is 0 Å². The zero-order chi connectivity index (χ0) is 19.4. The third-order valence-electron chi connectivity index (χ3n) is 5.53. The SMILES string of the molecule is Cc1nn(C)cc1-c1[nH]c2cc(N[C@H](C(N)=O)C3CC3)cc3c2c1NCCO3. The normalized spacial score (nSPS) is 16.9. The van der Waals surface area contributed by atoms with E-state index in [0.717, 1.165) is 57.8 Å². The van der Waals surface area contributed by atoms with Crippen molar-refractivity contribution in [1.29, 1.82) is 0 Å². The Hall–Kier alpha value is -3.16. The van der Waals surface area contributed by atoms with Gasteiger partial charge in [-0.1, -0.05) is 0 Å². The molecule has 28 heavy (non-hydrogen) atoms. The number of nitrogens with two attached hydrogens (primary N) is 1. The van der Waals surface area contributed by atoms with Crippen molar-refractivity contribution in [2.24, 2.45) is 18.7 Å². The number of aryl methyl sites for hydroxylation is 2. The number of carbonyl (C=O) groups is 1. The van der Waals surface area contributed by atoms with Gasteiger partial charge in [0.05, 0.1) is 28.0 Å². The number of primary amides is 1. The highest BCUT2D eigenvalue weighted by Gasteiger charge is 2.35. The molecule has 8 heteroatoms. The second-order valence-corrected chi connectivity index (χ2v) is 7.71. The molecule has 8 nitrogen and oxygen atoms in total. The fourth-order valence-corrected chi connectivity index (χ4v) is 4.08. The predicted molar refractivity (Wildman–Crippen MR) is 109 cm³/mol. The van der Waals surface area contributed by atoms with Crippen LogP contribution in [0.5, 0.6) is 5.75 Å². The van der Waals surface area contributed by atoms with Gasteiger partial charge in [-0.05, 0) is 31.7 Å². The molecule has 3 aromatic rings. The van der Waals surface area contributed by atoms with E-state index < -0.39 is 0 Å². The lowest BCUT2D eigenvalue weighted by Crippen LogP contribution is -2.37. The lowest BCUT2D eigenvalue weighted by atomic mass is 10.1. The summed E-state index contributed by atoms with van der Waals surface area (Å²) < 4.78 is 7.82. The van der Waals surface area contributed by atoms with E-state index in [2.05, 4.69) is 20.7 Å². The number of rotatable bonds is 5. The first kappa shape index (κ1) is 17.0. The largest absolute Gasteiger partial charge is 0.491 e. The molecule has 0 spiro atoms. The van der Waals surface area contributed by atoms with Gasteiger partial charge in [0.1, 0.15) is 18.4 Å². The molecule has 1 aromatic carbocycles. The number of H-pyrrole nitrogens is 1. The molecule has 3 heterocycles. The number of aromatic amines is 1. The number of benzene rings is 1. The number of carbonyl (C=O) groups excluding carboxylic acids is 1. The topological polar surface area (TPSA) is 110 Å². The molecular formula is C20H24N6O2. The summed E-state index contributed by atoms with van der Waals surface area (Å²) in [7, 11) is 1.92. The van der Waals surface area contributed by atoms with Crippen LogP contribution in [-0.2, 0) is 11.8 Å². The molecule has 5 N–H and O–H groups in total. The van der Waals surface area contributed by atoms with Crippen molar-refractivity contribution >= 4 is 28.2 Å². The van der Waals surface area contributed by atoms with Crippen molar-refractivity contribution < 1.29 is 9.53 Å². The van der Waals surface area contributed by atoms with Gasteiger partial charge in [0.25, 0.3) is 0 Å². The van der Waals surface area contributed by atoms with Crippen molar-refractivity contribution in [3.8, 4) is 17.0 Å². The molecule has 1 aliphatic heterocycles. The zero-order valence-electron chi connectivity index (χ0n) is 16.0. The van der Waals surface area contributed by atoms with Crippen LogP contribution in [0.2, 0.25) is 0 Å². The Kier molecular flexibility index (Phi) is 3.75. The predicted octanol–water partition coefficient (Wildman–Crippen LogP) is 2.36. The molecule has 2 aliphatic rings. The fraction of sp³-hybridized carbons (Fsp3) is 0.400. The molecule has 146 valence electrons. The van der Waals surface area contributed by atoms with Crippen LogP contribution in [0.3, 0.4) is 0 Å². The number of ether oxygens (including phenoxy) is 1. The monoisotopic (exact) mass is 380 g/mol. The van der Waals surface area contributed by atoms with Gasteiger partial charge in [-0.25, -0.2) is 0 Å². The number of aromatic nitrogens is 3. The Morgan fingerprint density at radius 3 is 2.93 bits per heavy atom. The van der Waals surface area contributed by atoms with E-state index in [1.54, 1.807) is 0 Å². The maximum atomic E-state index is 11.9. The van der Waals surface area contributed by atoms with Crippen LogP contribution in [0.25, 0.3) is 22.2 Å². The van der Waals surface area contributed by atoms with Crippen molar-refractivity contribution in [2.45, 2.75) is 25.8 Å². The van der Waals surface area contributed by atoms with E-state index in [0.29, 0.717) is 19.1 Å². The number of nitrogens with zero attached hydrogens (tertiary/aromatic N) is 2. The van der Waals surface area contributed by atoms with Gasteiger partial charge in [-0.3, -0.25) is 9.48 Å². The standard InChI is InChI=1S/C20H24N6O2/c1-10-13(9-26(2)25-10)18-19-16-14(24-18)7-12(8-15(16)28-6-5-22-19)23-17(20(21)27)11-3-4-11/h7-9,11,17,22-24H,3-6H2,1-2H3,(H2,21,27)/t17-/m0/s1. The summed E-state index contributed by atoms with van der Waals surface area (Å²) in [6, 6.07) is 3.64. The highest BCUT2D eigenvalue weighted by atomic mass is 16.5. The summed E-state index contributed by atoms with van der Waals surface area (Å²) in [6.07, 6.45) is 4.08. The van der Waals surface area contributed by atoms with Gasteiger partial charge in [0.2, 0.25) is 5.91 Å². The van der Waals surface area contributed by atoms with Crippen molar-refractivity contribution in [1.82, 2.24) is 14.8 Å². The Labute approximate surface area is 162 Å². The molecular weight excluding hydrogens is 356 g/mol. The zero-order valence-corrected chi connectivity index (χ0v) is 16.0. The minimum absolute atomic E-state index is 0.310. The third-order valence-corrected chi connectivity index (χ3v) is 5.53. The van der Waals surface area contributed by atoms with E-state index in [4.69, 9.17) is 10.5 Å². The van der Waals surface area contributed by atoms with Gasteiger partial charge in [0.15, 0.2) is 0 Å². The Balaban J connectivity index is 1.63. The summed E-state index contributed by atoms with van der Waals surface area (Å²) in [5.74, 6) is 0.806. The third kappa shape index (κ3) is 2.76. The molecule has 1 fully saturated rings. The van der Waals surface area contributed by atoms with E-state index in [-0.39, 0.29) is 11.9 Å². The van der Waals surface area contributed by atoms with Crippen LogP contribution in [0, 0.1) is 12.8 Å². The van der Waals surface area contributed by atoms with E-state index in [1.807, 2.05) is 37.0 Å². The summed E-state index contributed by atoms with van der Waals surface area (Å²) >= 11 is 0. The highest BCUT2D eigenvalue weighted by molar-refractivity contribution is 6.06. The Morgan fingerprint density at radius 2 is 2.25 bits per heavy atom. The minimum atomic E-state index is -0.344. The van der Waals surface area contributed by atoms with Gasteiger partial charge >= 0.3 is 0 Å². The Morgan fingerprint density at radius 1 is 1.43 bits per heavy atom. The molecule has 0 bridgehead atoms. The van der Waals surface area contributed by atoms with E-state index >= 15 is 0 Å². The molecule has 0 saturated heterocycles. The average molecular weight is 380 g/mol. The average Bonchev–Trinajstić information content (AvgIpc) is 3.37. The summed E-state index contributed by atoms with van der Waals surface area (Å²) in [4.78, 5) is 15.4. The van der Waals surface area contributed by atoms with Crippen molar-refractivity contribution in [3.05, 3.63) is 24.0 Å². The smallest absolute Gasteiger partial charge is 0.240 e. The molecule has 2 aromatic heterocycles. The molecule has 5 rings (SSSR count). The molecule has 0 radical (unpaired) electrons. The minimum Gasteiger partial charge on any atom is -0.491 e. The Bertz CT molecular complexity index is 1080. The van der Waals surface area contributed by atoms with Crippen LogP contribution in [-0.4, -0.2) is 39.9 Å². The van der Waals surface area contributed by atoms with Gasteiger partial charge < -0.3 is 26.1 Å². The molecule has 1 aliphatic carbocycles. The summed E-state index contributed by atoms with van der Waals surface area (Å²) in [5.41, 5.74) is 11.4. The van der Waals surface area contributed by atoms with E-state index in [9.17, 15) is 4.79 Å². The quantitative estimate of drug-likeness (QED) is 0.543. The number of nitrogens with one attached hydrogen (secondary N) is 3. The first-order valence-electron chi connectivity index (χ1n) is 9.64. The van der Waals surface area contributed by atoms with Gasteiger partial charge in [0, 0.05) is 37.1 Å². The fourth-order valence-electron chi connectivity index (χ4n) is 4.08. The number of amides is 1. The van der Waals surface area contributed by atoms with Crippen LogP contribution in [0.4, 0.5) is 11.4 Å². The maximum absolute atomic E-state index is 11.9. The second kappa shape index (κ2) is 6.19. The number of anilines is 2.